The maximum absolute atomic E-state index is 3.75. The summed E-state index contributed by atoms with van der Waals surface area (Å²) in [6, 6.07) is 0.817. The van der Waals surface area contributed by atoms with Gasteiger partial charge in [-0.05, 0) is 12.8 Å². The minimum atomic E-state index is 0.813. The molecular weight excluding hydrogens is 228 g/mol. The molecule has 2 fully saturated rings. The van der Waals surface area contributed by atoms with Crippen molar-refractivity contribution in [2.45, 2.75) is 62.5 Å². The summed E-state index contributed by atoms with van der Waals surface area (Å²) in [5, 5.41) is 5.38. The zero-order valence-electron chi connectivity index (χ0n) is 11.5. The molecule has 0 bridgehead atoms. The second-order valence-corrected chi connectivity index (χ2v) is 7.69. The Bertz CT molecular complexity index is 206. The summed E-state index contributed by atoms with van der Waals surface area (Å²) in [6.45, 7) is 9.72. The first-order valence-corrected chi connectivity index (χ1v) is 8.29. The lowest BCUT2D eigenvalue weighted by Gasteiger charge is -2.35. The number of hydrogen-bond donors (Lipinski definition) is 1. The van der Waals surface area contributed by atoms with Crippen molar-refractivity contribution in [1.29, 1.82) is 0 Å². The van der Waals surface area contributed by atoms with Crippen molar-refractivity contribution in [1.82, 2.24) is 10.2 Å². The van der Waals surface area contributed by atoms with Crippen LogP contribution in [-0.2, 0) is 0 Å². The molecular formula is C14H28N2S. The Hall–Kier alpha value is 0.270. The van der Waals surface area contributed by atoms with Crippen LogP contribution in [0.15, 0.2) is 0 Å². The molecule has 1 aliphatic carbocycles. The molecule has 1 N–H and O–H groups in total. The first-order chi connectivity index (χ1) is 8.24. The van der Waals surface area contributed by atoms with E-state index in [1.54, 1.807) is 0 Å². The topological polar surface area (TPSA) is 15.3 Å². The van der Waals surface area contributed by atoms with Crippen LogP contribution in [0.3, 0.4) is 0 Å². The molecule has 0 aromatic carbocycles. The van der Waals surface area contributed by atoms with Crippen LogP contribution in [0.4, 0.5) is 0 Å². The van der Waals surface area contributed by atoms with Crippen LogP contribution in [0.5, 0.6) is 0 Å². The molecule has 2 nitrogen and oxygen atoms in total. The van der Waals surface area contributed by atoms with E-state index in [0.717, 1.165) is 16.5 Å². The second kappa shape index (κ2) is 7.01. The van der Waals surface area contributed by atoms with Gasteiger partial charge < -0.3 is 5.32 Å². The normalized spacial score (nSPS) is 32.8. The molecule has 17 heavy (non-hydrogen) atoms. The van der Waals surface area contributed by atoms with Gasteiger partial charge in [0.15, 0.2) is 0 Å². The predicted molar refractivity (Wildman–Crippen MR) is 77.8 cm³/mol. The third kappa shape index (κ3) is 4.80. The van der Waals surface area contributed by atoms with Gasteiger partial charge in [-0.25, -0.2) is 0 Å². The molecule has 2 rings (SSSR count). The van der Waals surface area contributed by atoms with Crippen molar-refractivity contribution >= 4 is 11.8 Å². The van der Waals surface area contributed by atoms with Crippen LogP contribution in [-0.4, -0.2) is 47.6 Å². The molecule has 1 aliphatic heterocycles. The molecule has 100 valence electrons. The lowest BCUT2D eigenvalue weighted by Crippen LogP contribution is -2.45. The molecule has 1 heterocycles. The lowest BCUT2D eigenvalue weighted by atomic mass is 9.95. The van der Waals surface area contributed by atoms with Crippen molar-refractivity contribution < 1.29 is 0 Å². The molecule has 2 aliphatic rings. The van der Waals surface area contributed by atoms with Crippen molar-refractivity contribution in [2.75, 3.05) is 26.2 Å². The first kappa shape index (κ1) is 13.7. The summed E-state index contributed by atoms with van der Waals surface area (Å²) in [5.74, 6) is 0. The highest BCUT2D eigenvalue weighted by Gasteiger charge is 2.22. The fraction of sp³-hybridized carbons (Fsp3) is 1.00. The van der Waals surface area contributed by atoms with E-state index in [-0.39, 0.29) is 0 Å². The summed E-state index contributed by atoms with van der Waals surface area (Å²) in [4.78, 5) is 2.64. The van der Waals surface area contributed by atoms with Gasteiger partial charge in [0.1, 0.15) is 0 Å². The third-order valence-electron chi connectivity index (χ3n) is 3.96. The third-order valence-corrected chi connectivity index (χ3v) is 5.19. The van der Waals surface area contributed by atoms with E-state index in [2.05, 4.69) is 35.8 Å². The highest BCUT2D eigenvalue weighted by molar-refractivity contribution is 8.00. The predicted octanol–water partition coefficient (Wildman–Crippen LogP) is 2.73. The molecule has 0 amide bonds. The summed E-state index contributed by atoms with van der Waals surface area (Å²) < 4.78 is 0. The Balaban J connectivity index is 1.60. The van der Waals surface area contributed by atoms with Gasteiger partial charge in [0.05, 0.1) is 0 Å². The summed E-state index contributed by atoms with van der Waals surface area (Å²) in [7, 11) is 0. The zero-order chi connectivity index (χ0) is 12.1. The Morgan fingerprint density at radius 3 is 2.35 bits per heavy atom. The monoisotopic (exact) mass is 256 g/mol. The summed E-state index contributed by atoms with van der Waals surface area (Å²) in [5.41, 5.74) is 0. The van der Waals surface area contributed by atoms with Gasteiger partial charge in [-0.3, -0.25) is 4.90 Å². The van der Waals surface area contributed by atoms with E-state index < -0.39 is 0 Å². The van der Waals surface area contributed by atoms with Gasteiger partial charge in [-0.1, -0.05) is 33.1 Å². The van der Waals surface area contributed by atoms with E-state index in [1.807, 2.05) is 0 Å². The molecule has 0 aromatic rings. The van der Waals surface area contributed by atoms with E-state index in [1.165, 1.54) is 58.3 Å². The van der Waals surface area contributed by atoms with Gasteiger partial charge in [0.2, 0.25) is 0 Å². The minimum Gasteiger partial charge on any atom is -0.313 e. The van der Waals surface area contributed by atoms with E-state index >= 15 is 0 Å². The van der Waals surface area contributed by atoms with E-state index in [4.69, 9.17) is 0 Å². The fourth-order valence-corrected chi connectivity index (χ4v) is 4.59. The van der Waals surface area contributed by atoms with Gasteiger partial charge in [-0.15, -0.1) is 0 Å². The average Bonchev–Trinajstić information content (AvgIpc) is 2.29. The van der Waals surface area contributed by atoms with Crippen molar-refractivity contribution in [3.05, 3.63) is 0 Å². The van der Waals surface area contributed by atoms with Gasteiger partial charge in [-0.2, -0.15) is 11.8 Å². The molecule has 2 unspecified atom stereocenters. The molecule has 0 radical (unpaired) electrons. The molecule has 2 atom stereocenters. The van der Waals surface area contributed by atoms with Gasteiger partial charge >= 0.3 is 0 Å². The standard InChI is InChI=1S/C14H28N2S/c1-12-10-16(11-13(2)17-12)9-8-15-14-6-4-3-5-7-14/h12-15H,3-11H2,1-2H3. The van der Waals surface area contributed by atoms with Crippen LogP contribution in [0.1, 0.15) is 46.0 Å². The number of thioether (sulfide) groups is 1. The largest absolute Gasteiger partial charge is 0.313 e. The van der Waals surface area contributed by atoms with Crippen LogP contribution in [0.2, 0.25) is 0 Å². The minimum absolute atomic E-state index is 0.813. The summed E-state index contributed by atoms with van der Waals surface area (Å²) >= 11 is 2.14. The van der Waals surface area contributed by atoms with Gasteiger partial charge in [0.25, 0.3) is 0 Å². The highest BCUT2D eigenvalue weighted by Crippen LogP contribution is 2.24. The molecule has 0 spiro atoms. The molecule has 0 aromatic heterocycles. The maximum atomic E-state index is 3.75. The molecule has 3 heteroatoms. The highest BCUT2D eigenvalue weighted by atomic mass is 32.2. The number of nitrogens with zero attached hydrogens (tertiary/aromatic N) is 1. The van der Waals surface area contributed by atoms with E-state index in [0.29, 0.717) is 0 Å². The van der Waals surface area contributed by atoms with Crippen molar-refractivity contribution in [2.24, 2.45) is 0 Å². The first-order valence-electron chi connectivity index (χ1n) is 7.35. The fourth-order valence-electron chi connectivity index (χ4n) is 3.20. The van der Waals surface area contributed by atoms with Crippen molar-refractivity contribution in [3.8, 4) is 0 Å². The van der Waals surface area contributed by atoms with Crippen LogP contribution < -0.4 is 5.32 Å². The Kier molecular flexibility index (Phi) is 5.64. The van der Waals surface area contributed by atoms with Crippen molar-refractivity contribution in [3.63, 3.8) is 0 Å². The van der Waals surface area contributed by atoms with Crippen LogP contribution in [0.25, 0.3) is 0 Å². The smallest absolute Gasteiger partial charge is 0.0149 e. The van der Waals surface area contributed by atoms with E-state index in [9.17, 15) is 0 Å². The average molecular weight is 256 g/mol. The van der Waals surface area contributed by atoms with Gasteiger partial charge in [0, 0.05) is 42.7 Å². The maximum Gasteiger partial charge on any atom is 0.0149 e. The molecule has 1 saturated carbocycles. The second-order valence-electron chi connectivity index (χ2n) is 5.81. The SMILES string of the molecule is CC1CN(CCNC2CCCCC2)CC(C)S1. The quantitative estimate of drug-likeness (QED) is 0.832. The Morgan fingerprint density at radius 2 is 1.71 bits per heavy atom. The zero-order valence-corrected chi connectivity index (χ0v) is 12.3. The van der Waals surface area contributed by atoms with Crippen LogP contribution in [0, 0.1) is 0 Å². The number of hydrogen-bond acceptors (Lipinski definition) is 3. The summed E-state index contributed by atoms with van der Waals surface area (Å²) in [6.07, 6.45) is 7.14. The number of nitrogens with one attached hydrogen (secondary N) is 1. The van der Waals surface area contributed by atoms with Crippen LogP contribution >= 0.6 is 11.8 Å². The lowest BCUT2D eigenvalue weighted by molar-refractivity contribution is 0.259. The Labute approximate surface area is 111 Å². The number of rotatable bonds is 4. The molecule has 1 saturated heterocycles. The Morgan fingerprint density at radius 1 is 1.06 bits per heavy atom.